The van der Waals surface area contributed by atoms with Crippen LogP contribution in [0.1, 0.15) is 44.8 Å². The van der Waals surface area contributed by atoms with Gasteiger partial charge in [-0.15, -0.1) is 0 Å². The Kier molecular flexibility index (Phi) is 7.73. The van der Waals surface area contributed by atoms with E-state index in [2.05, 4.69) is 21.5 Å². The largest absolute Gasteiger partial charge is 0.497 e. The van der Waals surface area contributed by atoms with Crippen molar-refractivity contribution in [2.45, 2.75) is 25.9 Å². The molecule has 1 amide bonds. The SMILES string of the molecule is COc1ccc(-n2ncc(C(=O)Nc3cnc(N4CCC(OC(=O)c5ccccc5)CC4)c(C#N)c3)c2C)cc1. The van der Waals surface area contributed by atoms with E-state index in [1.54, 1.807) is 48.3 Å². The smallest absolute Gasteiger partial charge is 0.338 e. The van der Waals surface area contributed by atoms with Crippen LogP contribution in [0.5, 0.6) is 5.75 Å². The van der Waals surface area contributed by atoms with Crippen LogP contribution in [0.4, 0.5) is 11.5 Å². The van der Waals surface area contributed by atoms with Gasteiger partial charge in [0.2, 0.25) is 0 Å². The molecule has 1 aliphatic heterocycles. The maximum atomic E-state index is 13.0. The van der Waals surface area contributed by atoms with Crippen LogP contribution in [0.2, 0.25) is 0 Å². The Bertz CT molecular complexity index is 1550. The van der Waals surface area contributed by atoms with Crippen LogP contribution in [0.3, 0.4) is 0 Å². The Morgan fingerprint density at radius 1 is 1.05 bits per heavy atom. The first kappa shape index (κ1) is 26.4. The molecule has 2 aromatic heterocycles. The molecular weight excluding hydrogens is 508 g/mol. The van der Waals surface area contributed by atoms with Gasteiger partial charge in [0.15, 0.2) is 0 Å². The summed E-state index contributed by atoms with van der Waals surface area (Å²) in [7, 11) is 1.60. The number of benzene rings is 2. The Hall–Kier alpha value is -5.17. The van der Waals surface area contributed by atoms with E-state index in [1.165, 1.54) is 6.20 Å². The van der Waals surface area contributed by atoms with E-state index in [9.17, 15) is 14.9 Å². The van der Waals surface area contributed by atoms with Crippen molar-refractivity contribution in [3.63, 3.8) is 0 Å². The highest BCUT2D eigenvalue weighted by atomic mass is 16.5. The first-order valence-electron chi connectivity index (χ1n) is 12.9. The van der Waals surface area contributed by atoms with Gasteiger partial charge in [-0.25, -0.2) is 14.5 Å². The number of piperidine rings is 1. The molecule has 10 nitrogen and oxygen atoms in total. The number of rotatable bonds is 7. The van der Waals surface area contributed by atoms with Crippen LogP contribution in [0, 0.1) is 18.3 Å². The highest BCUT2D eigenvalue weighted by Gasteiger charge is 2.25. The highest BCUT2D eigenvalue weighted by Crippen LogP contribution is 2.26. The number of nitrogens with one attached hydrogen (secondary N) is 1. The Balaban J connectivity index is 1.22. The van der Waals surface area contributed by atoms with Crippen molar-refractivity contribution in [1.29, 1.82) is 5.26 Å². The zero-order valence-corrected chi connectivity index (χ0v) is 22.2. The molecule has 0 atom stereocenters. The van der Waals surface area contributed by atoms with Gasteiger partial charge in [-0.2, -0.15) is 10.4 Å². The van der Waals surface area contributed by atoms with E-state index in [0.29, 0.717) is 59.8 Å². The lowest BCUT2D eigenvalue weighted by molar-refractivity contribution is 0.0244. The number of carbonyl (C=O) groups is 2. The third-order valence-electron chi connectivity index (χ3n) is 6.84. The number of hydrogen-bond donors (Lipinski definition) is 1. The van der Waals surface area contributed by atoms with Crippen molar-refractivity contribution in [2.24, 2.45) is 0 Å². The third kappa shape index (κ3) is 5.63. The van der Waals surface area contributed by atoms with Crippen LogP contribution < -0.4 is 15.0 Å². The Labute approximate surface area is 231 Å². The average molecular weight is 537 g/mol. The maximum absolute atomic E-state index is 13.0. The van der Waals surface area contributed by atoms with Crippen molar-refractivity contribution < 1.29 is 19.1 Å². The van der Waals surface area contributed by atoms with Gasteiger partial charge in [0.25, 0.3) is 5.91 Å². The fourth-order valence-corrected chi connectivity index (χ4v) is 4.65. The second kappa shape index (κ2) is 11.7. The molecule has 0 bridgehead atoms. The number of carbonyl (C=O) groups excluding carboxylic acids is 2. The summed E-state index contributed by atoms with van der Waals surface area (Å²) in [5.74, 6) is 0.583. The van der Waals surface area contributed by atoms with Gasteiger partial charge in [-0.05, 0) is 49.4 Å². The number of esters is 1. The number of anilines is 2. The molecule has 4 aromatic rings. The zero-order valence-electron chi connectivity index (χ0n) is 22.2. The molecule has 0 spiro atoms. The first-order valence-corrected chi connectivity index (χ1v) is 12.9. The molecule has 0 aliphatic carbocycles. The summed E-state index contributed by atoms with van der Waals surface area (Å²) >= 11 is 0. The van der Waals surface area contributed by atoms with Crippen molar-refractivity contribution >= 4 is 23.4 Å². The highest BCUT2D eigenvalue weighted by molar-refractivity contribution is 6.05. The number of pyridine rings is 1. The molecule has 0 radical (unpaired) electrons. The van der Waals surface area contributed by atoms with Gasteiger partial charge >= 0.3 is 5.97 Å². The van der Waals surface area contributed by atoms with E-state index in [0.717, 1.165) is 11.4 Å². The number of ether oxygens (including phenoxy) is 2. The van der Waals surface area contributed by atoms with Gasteiger partial charge < -0.3 is 19.7 Å². The minimum absolute atomic E-state index is 0.199. The van der Waals surface area contributed by atoms with Gasteiger partial charge in [-0.1, -0.05) is 18.2 Å². The molecule has 40 heavy (non-hydrogen) atoms. The average Bonchev–Trinajstić information content (AvgIpc) is 3.39. The van der Waals surface area contributed by atoms with Crippen LogP contribution in [-0.2, 0) is 4.74 Å². The topological polar surface area (TPSA) is 122 Å². The molecule has 1 saturated heterocycles. The fraction of sp³-hybridized carbons (Fsp3) is 0.233. The molecular formula is C30H28N6O4. The number of aromatic nitrogens is 3. The fourth-order valence-electron chi connectivity index (χ4n) is 4.65. The molecule has 3 heterocycles. The summed E-state index contributed by atoms with van der Waals surface area (Å²) in [4.78, 5) is 31.9. The predicted molar refractivity (Wildman–Crippen MR) is 149 cm³/mol. The molecule has 0 saturated carbocycles. The molecule has 1 N–H and O–H groups in total. The lowest BCUT2D eigenvalue weighted by atomic mass is 10.1. The monoisotopic (exact) mass is 536 g/mol. The number of nitriles is 1. The van der Waals surface area contributed by atoms with E-state index >= 15 is 0 Å². The Morgan fingerprint density at radius 2 is 1.77 bits per heavy atom. The lowest BCUT2D eigenvalue weighted by Crippen LogP contribution is -2.38. The molecule has 10 heteroatoms. The van der Waals surface area contributed by atoms with Crippen LogP contribution in [0.25, 0.3) is 5.69 Å². The maximum Gasteiger partial charge on any atom is 0.338 e. The predicted octanol–water partition coefficient (Wildman–Crippen LogP) is 4.53. The quantitative estimate of drug-likeness (QED) is 0.342. The summed E-state index contributed by atoms with van der Waals surface area (Å²) in [5.41, 5.74) is 3.17. The number of hydrogen-bond acceptors (Lipinski definition) is 8. The van der Waals surface area contributed by atoms with Gasteiger partial charge in [0, 0.05) is 25.9 Å². The minimum Gasteiger partial charge on any atom is -0.497 e. The van der Waals surface area contributed by atoms with Crippen LogP contribution in [0.15, 0.2) is 73.1 Å². The summed E-state index contributed by atoms with van der Waals surface area (Å²) in [6, 6.07) is 20.1. The van der Waals surface area contributed by atoms with Crippen LogP contribution >= 0.6 is 0 Å². The molecule has 1 aliphatic rings. The molecule has 5 rings (SSSR count). The van der Waals surface area contributed by atoms with E-state index < -0.39 is 0 Å². The minimum atomic E-state index is -0.350. The van der Waals surface area contributed by atoms with Crippen molar-refractivity contribution in [2.75, 3.05) is 30.4 Å². The summed E-state index contributed by atoms with van der Waals surface area (Å²) in [6.45, 7) is 2.99. The summed E-state index contributed by atoms with van der Waals surface area (Å²) in [5, 5.41) is 17.0. The molecule has 2 aromatic carbocycles. The second-order valence-electron chi connectivity index (χ2n) is 9.37. The van der Waals surface area contributed by atoms with Gasteiger partial charge in [-0.3, -0.25) is 4.79 Å². The van der Waals surface area contributed by atoms with E-state index in [-0.39, 0.29) is 18.0 Å². The first-order chi connectivity index (χ1) is 19.5. The zero-order chi connectivity index (χ0) is 28.1. The third-order valence-corrected chi connectivity index (χ3v) is 6.84. The Morgan fingerprint density at radius 3 is 2.45 bits per heavy atom. The van der Waals surface area contributed by atoms with Crippen molar-refractivity contribution in [3.05, 3.63) is 95.4 Å². The molecule has 202 valence electrons. The van der Waals surface area contributed by atoms with E-state index in [1.807, 2.05) is 42.2 Å². The lowest BCUT2D eigenvalue weighted by Gasteiger charge is -2.33. The summed E-state index contributed by atoms with van der Waals surface area (Å²) in [6.07, 6.45) is 4.10. The normalized spacial score (nSPS) is 13.4. The number of nitrogens with zero attached hydrogens (tertiary/aromatic N) is 5. The standard InChI is InChI=1S/C30H28N6O4/c1-20-27(19-33-36(20)24-8-10-25(39-2)11-9-24)29(37)34-23-16-22(17-31)28(32-18-23)35-14-12-26(13-15-35)40-30(38)21-6-4-3-5-7-21/h3-11,16,18-19,26H,12-15H2,1-2H3,(H,34,37). The van der Waals surface area contributed by atoms with Crippen molar-refractivity contribution in [1.82, 2.24) is 14.8 Å². The molecule has 0 unspecified atom stereocenters. The van der Waals surface area contributed by atoms with Crippen LogP contribution in [-0.4, -0.2) is 52.9 Å². The molecule has 1 fully saturated rings. The van der Waals surface area contributed by atoms with Gasteiger partial charge in [0.05, 0.1) is 53.3 Å². The van der Waals surface area contributed by atoms with Gasteiger partial charge in [0.1, 0.15) is 23.7 Å². The van der Waals surface area contributed by atoms with E-state index in [4.69, 9.17) is 9.47 Å². The number of amides is 1. The number of methoxy groups -OCH3 is 1. The second-order valence-corrected chi connectivity index (χ2v) is 9.37. The summed E-state index contributed by atoms with van der Waals surface area (Å²) < 4.78 is 12.5. The van der Waals surface area contributed by atoms with Crippen molar-refractivity contribution in [3.8, 4) is 17.5 Å².